The third-order valence-corrected chi connectivity index (χ3v) is 5.73. The van der Waals surface area contributed by atoms with E-state index in [0.717, 1.165) is 17.9 Å². The number of nitro benzene ring substituents is 1. The van der Waals surface area contributed by atoms with E-state index in [4.69, 9.17) is 16.3 Å². The number of methoxy groups -OCH3 is 1. The SMILES string of the molecule is CC[C@H](C)c1nc2ccc(Br)cc2c(=O)n1N=Cc1cc(Cl)cc([N+](=O)[O-])c1OCC(=O)OC. The van der Waals surface area contributed by atoms with Gasteiger partial charge < -0.3 is 9.47 Å². The molecule has 0 saturated heterocycles. The van der Waals surface area contributed by atoms with E-state index in [1.165, 1.54) is 12.3 Å². The van der Waals surface area contributed by atoms with Gasteiger partial charge in [-0.1, -0.05) is 41.4 Å². The number of rotatable bonds is 8. The third kappa shape index (κ3) is 5.42. The van der Waals surface area contributed by atoms with Crippen LogP contribution in [0.3, 0.4) is 0 Å². The van der Waals surface area contributed by atoms with Crippen LogP contribution < -0.4 is 10.3 Å². The molecule has 0 fully saturated rings. The monoisotopic (exact) mass is 550 g/mol. The molecular formula is C22H20BrClN4O6. The molecule has 2 aromatic carbocycles. The number of carbonyl (C=O) groups excluding carboxylic acids is 1. The summed E-state index contributed by atoms with van der Waals surface area (Å²) < 4.78 is 11.8. The van der Waals surface area contributed by atoms with Crippen molar-refractivity contribution < 1.29 is 19.2 Å². The van der Waals surface area contributed by atoms with E-state index in [1.54, 1.807) is 18.2 Å². The molecule has 0 radical (unpaired) electrons. The van der Waals surface area contributed by atoms with Crippen molar-refractivity contribution in [3.63, 3.8) is 0 Å². The number of aromatic nitrogens is 2. The average molecular weight is 552 g/mol. The van der Waals surface area contributed by atoms with Crippen LogP contribution in [0.15, 0.2) is 44.7 Å². The van der Waals surface area contributed by atoms with Gasteiger partial charge in [-0.15, -0.1) is 0 Å². The number of esters is 1. The zero-order valence-electron chi connectivity index (χ0n) is 18.4. The van der Waals surface area contributed by atoms with Gasteiger partial charge in [-0.2, -0.15) is 9.78 Å². The molecule has 178 valence electrons. The van der Waals surface area contributed by atoms with Crippen LogP contribution in [0.4, 0.5) is 5.69 Å². The minimum Gasteiger partial charge on any atom is -0.474 e. The third-order valence-electron chi connectivity index (χ3n) is 5.02. The lowest BCUT2D eigenvalue weighted by atomic mass is 10.1. The summed E-state index contributed by atoms with van der Waals surface area (Å²) in [5.41, 5.74) is -0.255. The molecule has 0 aliphatic heterocycles. The molecule has 12 heteroatoms. The second kappa shape index (κ2) is 10.7. The zero-order chi connectivity index (χ0) is 25.0. The normalized spacial score (nSPS) is 12.1. The van der Waals surface area contributed by atoms with Gasteiger partial charge in [-0.05, 0) is 30.7 Å². The van der Waals surface area contributed by atoms with Gasteiger partial charge in [0.25, 0.3) is 5.56 Å². The van der Waals surface area contributed by atoms with Gasteiger partial charge in [0.1, 0.15) is 5.82 Å². The molecule has 1 atom stereocenters. The maximum atomic E-state index is 13.3. The largest absolute Gasteiger partial charge is 0.474 e. The molecule has 1 aromatic heterocycles. The molecule has 0 amide bonds. The lowest BCUT2D eigenvalue weighted by molar-refractivity contribution is -0.385. The van der Waals surface area contributed by atoms with Crippen molar-refractivity contribution in [2.75, 3.05) is 13.7 Å². The number of nitro groups is 1. The van der Waals surface area contributed by atoms with Gasteiger partial charge >= 0.3 is 11.7 Å². The number of hydrogen-bond acceptors (Lipinski definition) is 8. The number of carbonyl (C=O) groups is 1. The summed E-state index contributed by atoms with van der Waals surface area (Å²) in [6.45, 7) is 3.30. The quantitative estimate of drug-likeness (QED) is 0.172. The molecule has 0 saturated carbocycles. The van der Waals surface area contributed by atoms with Crippen LogP contribution in [0.5, 0.6) is 5.75 Å². The van der Waals surface area contributed by atoms with Crippen molar-refractivity contribution in [3.8, 4) is 5.75 Å². The van der Waals surface area contributed by atoms with E-state index in [2.05, 4.69) is 30.8 Å². The molecule has 0 bridgehead atoms. The molecule has 0 aliphatic carbocycles. The molecule has 3 rings (SSSR count). The van der Waals surface area contributed by atoms with Crippen molar-refractivity contribution in [1.82, 2.24) is 9.66 Å². The van der Waals surface area contributed by atoms with Crippen molar-refractivity contribution in [2.24, 2.45) is 5.10 Å². The lowest BCUT2D eigenvalue weighted by Crippen LogP contribution is -2.23. The number of nitrogens with zero attached hydrogens (tertiary/aromatic N) is 4. The Labute approximate surface area is 207 Å². The Bertz CT molecular complexity index is 1360. The summed E-state index contributed by atoms with van der Waals surface area (Å²) in [4.78, 5) is 40.3. The van der Waals surface area contributed by atoms with Crippen molar-refractivity contribution in [1.29, 1.82) is 0 Å². The lowest BCUT2D eigenvalue weighted by Gasteiger charge is -2.14. The van der Waals surface area contributed by atoms with E-state index in [1.807, 2.05) is 13.8 Å². The molecular weight excluding hydrogens is 532 g/mol. The Balaban J connectivity index is 2.20. The summed E-state index contributed by atoms with van der Waals surface area (Å²) in [5.74, 6) is -0.654. The first-order valence-corrected chi connectivity index (χ1v) is 11.3. The summed E-state index contributed by atoms with van der Waals surface area (Å²) in [6, 6.07) is 7.64. The number of fused-ring (bicyclic) bond motifs is 1. The molecule has 3 aromatic rings. The van der Waals surface area contributed by atoms with Crippen LogP contribution in [0, 0.1) is 10.1 Å². The van der Waals surface area contributed by atoms with Gasteiger partial charge in [-0.3, -0.25) is 14.9 Å². The Morgan fingerprint density at radius 2 is 2.12 bits per heavy atom. The summed E-state index contributed by atoms with van der Waals surface area (Å²) in [7, 11) is 1.16. The molecule has 10 nitrogen and oxygen atoms in total. The fourth-order valence-electron chi connectivity index (χ4n) is 3.08. The molecule has 1 heterocycles. The van der Waals surface area contributed by atoms with E-state index in [9.17, 15) is 19.7 Å². The van der Waals surface area contributed by atoms with Gasteiger partial charge in [0.05, 0.1) is 29.2 Å². The Hall–Kier alpha value is -3.31. The second-order valence-electron chi connectivity index (χ2n) is 7.27. The standard InChI is InChI=1S/C22H20BrClN4O6/c1-4-12(2)21-26-17-6-5-14(23)8-16(17)22(30)27(21)25-10-13-7-15(24)9-18(28(31)32)20(13)34-11-19(29)33-3/h5-10,12H,4,11H2,1-3H3/t12-/m0/s1. The van der Waals surface area contributed by atoms with Gasteiger partial charge in [0.15, 0.2) is 6.61 Å². The van der Waals surface area contributed by atoms with Crippen molar-refractivity contribution in [2.45, 2.75) is 26.2 Å². The smallest absolute Gasteiger partial charge is 0.343 e. The van der Waals surface area contributed by atoms with E-state index in [-0.39, 0.29) is 22.3 Å². The highest BCUT2D eigenvalue weighted by Crippen LogP contribution is 2.34. The fraction of sp³-hybridized carbons (Fsp3) is 0.273. The van der Waals surface area contributed by atoms with Gasteiger partial charge in [-0.25, -0.2) is 9.78 Å². The maximum absolute atomic E-state index is 13.3. The number of ether oxygens (including phenoxy) is 2. The molecule has 0 aliphatic rings. The topological polar surface area (TPSA) is 126 Å². The van der Waals surface area contributed by atoms with Crippen LogP contribution in [0.2, 0.25) is 5.02 Å². The first-order valence-electron chi connectivity index (χ1n) is 10.1. The van der Waals surface area contributed by atoms with E-state index in [0.29, 0.717) is 27.6 Å². The zero-order valence-corrected chi connectivity index (χ0v) is 20.8. The minimum absolute atomic E-state index is 0.0497. The van der Waals surface area contributed by atoms with Crippen LogP contribution in [0.25, 0.3) is 10.9 Å². The predicted octanol–water partition coefficient (Wildman–Crippen LogP) is 4.67. The molecule has 0 unspecified atom stereocenters. The highest BCUT2D eigenvalue weighted by Gasteiger charge is 2.22. The molecule has 0 spiro atoms. The van der Waals surface area contributed by atoms with Gasteiger partial charge in [0, 0.05) is 27.0 Å². The number of benzene rings is 2. The average Bonchev–Trinajstić information content (AvgIpc) is 2.81. The predicted molar refractivity (Wildman–Crippen MR) is 131 cm³/mol. The fourth-order valence-corrected chi connectivity index (χ4v) is 3.66. The summed E-state index contributed by atoms with van der Waals surface area (Å²) in [5, 5.41) is 16.3. The molecule has 0 N–H and O–H groups in total. The first-order chi connectivity index (χ1) is 16.2. The number of halogens is 2. The number of hydrogen-bond donors (Lipinski definition) is 0. The Kier molecular flexibility index (Phi) is 8.00. The Morgan fingerprint density at radius 3 is 2.76 bits per heavy atom. The van der Waals surface area contributed by atoms with Crippen LogP contribution in [-0.2, 0) is 9.53 Å². The summed E-state index contributed by atoms with van der Waals surface area (Å²) in [6.07, 6.45) is 1.91. The van der Waals surface area contributed by atoms with Crippen molar-refractivity contribution >= 4 is 56.3 Å². The van der Waals surface area contributed by atoms with E-state index < -0.39 is 28.7 Å². The van der Waals surface area contributed by atoms with Crippen LogP contribution >= 0.6 is 27.5 Å². The van der Waals surface area contributed by atoms with E-state index >= 15 is 0 Å². The molecule has 34 heavy (non-hydrogen) atoms. The maximum Gasteiger partial charge on any atom is 0.343 e. The summed E-state index contributed by atoms with van der Waals surface area (Å²) >= 11 is 9.42. The highest BCUT2D eigenvalue weighted by atomic mass is 79.9. The van der Waals surface area contributed by atoms with Crippen molar-refractivity contribution in [3.05, 3.63) is 71.7 Å². The second-order valence-corrected chi connectivity index (χ2v) is 8.62. The van der Waals surface area contributed by atoms with Crippen LogP contribution in [0.1, 0.15) is 37.6 Å². The van der Waals surface area contributed by atoms with Gasteiger partial charge in [0.2, 0.25) is 5.75 Å². The first kappa shape index (κ1) is 25.3. The van der Waals surface area contributed by atoms with Crippen LogP contribution in [-0.4, -0.2) is 40.5 Å². The Morgan fingerprint density at radius 1 is 1.38 bits per heavy atom. The minimum atomic E-state index is -0.730. The highest BCUT2D eigenvalue weighted by molar-refractivity contribution is 9.10.